The van der Waals surface area contributed by atoms with Crippen molar-refractivity contribution in [2.24, 2.45) is 0 Å². The summed E-state index contributed by atoms with van der Waals surface area (Å²) in [7, 11) is 0. The number of amides is 1. The molecule has 38 heavy (non-hydrogen) atoms. The van der Waals surface area contributed by atoms with E-state index >= 15 is 0 Å². The van der Waals surface area contributed by atoms with Crippen LogP contribution in [0, 0.1) is 12.7 Å². The summed E-state index contributed by atoms with van der Waals surface area (Å²) in [6.45, 7) is 6.23. The Hall–Kier alpha value is -2.75. The van der Waals surface area contributed by atoms with Crippen molar-refractivity contribution in [3.05, 3.63) is 73.8 Å². The second-order valence-electron chi connectivity index (χ2n) is 10.3. The number of nitrogens with one attached hydrogen (secondary N) is 2. The van der Waals surface area contributed by atoms with E-state index in [1.807, 2.05) is 0 Å². The van der Waals surface area contributed by atoms with E-state index in [1.165, 1.54) is 11.6 Å². The van der Waals surface area contributed by atoms with Gasteiger partial charge in [0.05, 0.1) is 10.9 Å². The number of hydrogen-bond donors (Lipinski definition) is 2. The molecule has 2 aliphatic heterocycles. The molecule has 9 heteroatoms. The first-order valence-electron chi connectivity index (χ1n) is 13.2. The summed E-state index contributed by atoms with van der Waals surface area (Å²) in [5.41, 5.74) is 1.53. The van der Waals surface area contributed by atoms with Gasteiger partial charge in [0, 0.05) is 42.7 Å². The third-order valence-electron chi connectivity index (χ3n) is 7.37. The van der Waals surface area contributed by atoms with Gasteiger partial charge in [-0.15, -0.1) is 0 Å². The van der Waals surface area contributed by atoms with Crippen LogP contribution in [0.4, 0.5) is 4.39 Å². The lowest BCUT2D eigenvalue weighted by molar-refractivity contribution is -0.121. The van der Waals surface area contributed by atoms with Crippen LogP contribution in [0.5, 0.6) is 5.75 Å². The number of aryl methyl sites for hydroxylation is 1. The third-order valence-corrected chi connectivity index (χ3v) is 7.99. The van der Waals surface area contributed by atoms with Crippen LogP contribution in [-0.4, -0.2) is 49.1 Å². The summed E-state index contributed by atoms with van der Waals surface area (Å²) in [6, 6.07) is 10.8. The third kappa shape index (κ3) is 6.62. The van der Waals surface area contributed by atoms with Crippen LogP contribution < -0.4 is 21.0 Å². The molecule has 0 radical (unpaired) electrons. The average Bonchev–Trinajstić information content (AvgIpc) is 2.89. The van der Waals surface area contributed by atoms with E-state index in [1.54, 1.807) is 19.1 Å². The SMILES string of the molecule is Cc1cc2cc(CC(=O)NC3CCN(Cc4ccc(OC5CCNCC5)c(Br)c4)CC3)c(=O)oc2cc1F. The van der Waals surface area contributed by atoms with Crippen LogP contribution >= 0.6 is 15.9 Å². The molecule has 1 aromatic heterocycles. The van der Waals surface area contributed by atoms with Gasteiger partial charge in [-0.25, -0.2) is 9.18 Å². The number of hydrogen-bond acceptors (Lipinski definition) is 6. The van der Waals surface area contributed by atoms with Gasteiger partial charge in [0.1, 0.15) is 23.3 Å². The molecule has 202 valence electrons. The summed E-state index contributed by atoms with van der Waals surface area (Å²) < 4.78 is 26.2. The summed E-state index contributed by atoms with van der Waals surface area (Å²) in [5.74, 6) is 0.260. The highest BCUT2D eigenvalue weighted by Gasteiger charge is 2.22. The van der Waals surface area contributed by atoms with Crippen LogP contribution in [-0.2, 0) is 17.8 Å². The fourth-order valence-electron chi connectivity index (χ4n) is 5.20. The highest BCUT2D eigenvalue weighted by atomic mass is 79.9. The minimum Gasteiger partial charge on any atom is -0.489 e. The van der Waals surface area contributed by atoms with E-state index in [9.17, 15) is 14.0 Å². The highest BCUT2D eigenvalue weighted by molar-refractivity contribution is 9.10. The summed E-state index contributed by atoms with van der Waals surface area (Å²) in [5, 5.41) is 7.03. The van der Waals surface area contributed by atoms with Crippen LogP contribution in [0.25, 0.3) is 11.0 Å². The number of ether oxygens (including phenoxy) is 1. The first-order chi connectivity index (χ1) is 18.3. The molecule has 0 atom stereocenters. The van der Waals surface area contributed by atoms with Crippen molar-refractivity contribution in [1.82, 2.24) is 15.5 Å². The second-order valence-corrected chi connectivity index (χ2v) is 11.2. The number of rotatable bonds is 7. The van der Waals surface area contributed by atoms with E-state index < -0.39 is 11.4 Å². The largest absolute Gasteiger partial charge is 0.489 e. The van der Waals surface area contributed by atoms with E-state index in [4.69, 9.17) is 9.15 Å². The van der Waals surface area contributed by atoms with Gasteiger partial charge in [-0.2, -0.15) is 0 Å². The number of piperidine rings is 2. The number of carbonyl (C=O) groups is 1. The lowest BCUT2D eigenvalue weighted by atomic mass is 10.0. The summed E-state index contributed by atoms with van der Waals surface area (Å²) in [4.78, 5) is 27.4. The predicted molar refractivity (Wildman–Crippen MR) is 148 cm³/mol. The zero-order valence-electron chi connectivity index (χ0n) is 21.5. The molecular formula is C29H33BrFN3O4. The fraction of sp³-hybridized carbons (Fsp3) is 0.448. The number of nitrogens with zero attached hydrogens (tertiary/aromatic N) is 1. The van der Waals surface area contributed by atoms with Crippen molar-refractivity contribution in [1.29, 1.82) is 0 Å². The average molecular weight is 587 g/mol. The Bertz CT molecular complexity index is 1360. The van der Waals surface area contributed by atoms with Crippen molar-refractivity contribution in [2.45, 2.75) is 57.7 Å². The van der Waals surface area contributed by atoms with Crippen LogP contribution in [0.3, 0.4) is 0 Å². The molecule has 5 rings (SSSR count). The highest BCUT2D eigenvalue weighted by Crippen LogP contribution is 2.29. The fourth-order valence-corrected chi connectivity index (χ4v) is 5.72. The molecule has 0 spiro atoms. The Kier molecular flexibility index (Phi) is 8.45. The maximum absolute atomic E-state index is 13.8. The standard InChI is InChI=1S/C29H33BrFN3O4/c1-18-12-20-14-21(29(36)38-27(20)16-25(18)31)15-28(35)33-22-6-10-34(11-7-22)17-19-2-3-26(24(30)13-19)37-23-4-8-32-9-5-23/h2-3,12-14,16,22-23,32H,4-11,15,17H2,1H3,(H,33,35). The van der Waals surface area contributed by atoms with Gasteiger partial charge in [0.15, 0.2) is 0 Å². The molecule has 2 saturated heterocycles. The lowest BCUT2D eigenvalue weighted by Gasteiger charge is -2.32. The molecule has 7 nitrogen and oxygen atoms in total. The molecule has 2 fully saturated rings. The molecule has 0 aliphatic carbocycles. The van der Waals surface area contributed by atoms with Crippen LogP contribution in [0.2, 0.25) is 0 Å². The number of benzene rings is 2. The van der Waals surface area contributed by atoms with Gasteiger partial charge in [0.25, 0.3) is 0 Å². The Labute approximate surface area is 229 Å². The Balaban J connectivity index is 1.10. The maximum Gasteiger partial charge on any atom is 0.339 e. The number of carbonyl (C=O) groups excluding carboxylic acids is 1. The summed E-state index contributed by atoms with van der Waals surface area (Å²) in [6.07, 6.45) is 3.93. The molecule has 0 bridgehead atoms. The first kappa shape index (κ1) is 26.8. The monoisotopic (exact) mass is 585 g/mol. The Morgan fingerprint density at radius 1 is 1.16 bits per heavy atom. The van der Waals surface area contributed by atoms with E-state index in [2.05, 4.69) is 49.7 Å². The second kappa shape index (κ2) is 12.0. The van der Waals surface area contributed by atoms with Crippen molar-refractivity contribution in [2.75, 3.05) is 26.2 Å². The molecule has 1 amide bonds. The van der Waals surface area contributed by atoms with Gasteiger partial charge in [-0.3, -0.25) is 9.69 Å². The van der Waals surface area contributed by atoms with Crippen molar-refractivity contribution in [3.63, 3.8) is 0 Å². The molecule has 2 aromatic carbocycles. The lowest BCUT2D eigenvalue weighted by Crippen LogP contribution is -2.45. The zero-order valence-corrected chi connectivity index (χ0v) is 23.1. The smallest absolute Gasteiger partial charge is 0.339 e. The minimum atomic E-state index is -0.607. The van der Waals surface area contributed by atoms with Crippen LogP contribution in [0.15, 0.2) is 50.1 Å². The van der Waals surface area contributed by atoms with Crippen molar-refractivity contribution < 1.29 is 18.3 Å². The van der Waals surface area contributed by atoms with Crippen molar-refractivity contribution in [3.8, 4) is 5.75 Å². The van der Waals surface area contributed by atoms with Crippen molar-refractivity contribution >= 4 is 32.8 Å². The molecule has 2 N–H and O–H groups in total. The maximum atomic E-state index is 13.8. The van der Waals surface area contributed by atoms with Gasteiger partial charge >= 0.3 is 5.63 Å². The van der Waals surface area contributed by atoms with Gasteiger partial charge < -0.3 is 19.8 Å². The molecule has 0 unspecified atom stereocenters. The van der Waals surface area contributed by atoms with E-state index in [0.29, 0.717) is 10.9 Å². The predicted octanol–water partition coefficient (Wildman–Crippen LogP) is 4.46. The molecule has 3 aromatic rings. The van der Waals surface area contributed by atoms with E-state index in [-0.39, 0.29) is 35.6 Å². The first-order valence-corrected chi connectivity index (χ1v) is 14.0. The Morgan fingerprint density at radius 3 is 2.66 bits per heavy atom. The summed E-state index contributed by atoms with van der Waals surface area (Å²) >= 11 is 3.68. The van der Waals surface area contributed by atoms with Gasteiger partial charge in [-0.1, -0.05) is 6.07 Å². The topological polar surface area (TPSA) is 83.8 Å². The van der Waals surface area contributed by atoms with Gasteiger partial charge in [-0.05, 0) is 97.0 Å². The minimum absolute atomic E-state index is 0.0608. The van der Waals surface area contributed by atoms with Gasteiger partial charge in [0.2, 0.25) is 5.91 Å². The molecule has 0 saturated carbocycles. The zero-order chi connectivity index (χ0) is 26.6. The Morgan fingerprint density at radius 2 is 1.92 bits per heavy atom. The van der Waals surface area contributed by atoms with Crippen LogP contribution in [0.1, 0.15) is 42.4 Å². The molecular weight excluding hydrogens is 553 g/mol. The number of likely N-dealkylation sites (tertiary alicyclic amines) is 1. The normalized spacial score (nSPS) is 17.6. The number of fused-ring (bicyclic) bond motifs is 1. The molecule has 3 heterocycles. The quantitative estimate of drug-likeness (QED) is 0.398. The number of halogens is 2. The van der Waals surface area contributed by atoms with E-state index in [0.717, 1.165) is 68.6 Å². The molecule has 2 aliphatic rings.